The summed E-state index contributed by atoms with van der Waals surface area (Å²) in [7, 11) is 0. The summed E-state index contributed by atoms with van der Waals surface area (Å²) in [5.41, 5.74) is 0. The van der Waals surface area contributed by atoms with Crippen molar-refractivity contribution < 1.29 is 4.74 Å². The van der Waals surface area contributed by atoms with Gasteiger partial charge in [0.05, 0.1) is 18.8 Å². The monoisotopic (exact) mass is 406 g/mol. The van der Waals surface area contributed by atoms with Gasteiger partial charge in [0.2, 0.25) is 0 Å². The Morgan fingerprint density at radius 2 is 1.41 bits per heavy atom. The first-order valence-corrected chi connectivity index (χ1v) is 12.5. The Morgan fingerprint density at radius 1 is 0.724 bits per heavy atom. The maximum Gasteiger partial charge on any atom is 0.0870 e. The third-order valence-electron chi connectivity index (χ3n) is 8.56. The van der Waals surface area contributed by atoms with Crippen LogP contribution < -0.4 is 0 Å². The molecule has 0 N–H and O–H groups in total. The zero-order chi connectivity index (χ0) is 20.7. The summed E-state index contributed by atoms with van der Waals surface area (Å²) in [5.74, 6) is 0.923. The second kappa shape index (κ2) is 9.12. The lowest BCUT2D eigenvalue weighted by Gasteiger charge is -2.56. The molecule has 4 fully saturated rings. The fourth-order valence-corrected chi connectivity index (χ4v) is 6.43. The summed E-state index contributed by atoms with van der Waals surface area (Å²) in [5, 5.41) is 0. The molecule has 6 unspecified atom stereocenters. The van der Waals surface area contributed by atoms with Crippen molar-refractivity contribution in [3.8, 4) is 0 Å². The molecule has 5 nitrogen and oxygen atoms in total. The van der Waals surface area contributed by atoms with Crippen LogP contribution in [0, 0.1) is 5.92 Å². The highest BCUT2D eigenvalue weighted by Crippen LogP contribution is 2.36. The number of likely N-dealkylation sites (tertiary alicyclic amines) is 3. The second-order valence-electron chi connectivity index (χ2n) is 10.9. The number of hydrogen-bond donors (Lipinski definition) is 0. The molecule has 4 aliphatic heterocycles. The van der Waals surface area contributed by atoms with Gasteiger partial charge in [-0.2, -0.15) is 0 Å². The van der Waals surface area contributed by atoms with Gasteiger partial charge in [-0.15, -0.1) is 0 Å². The van der Waals surface area contributed by atoms with Gasteiger partial charge in [0, 0.05) is 62.9 Å². The van der Waals surface area contributed by atoms with Crippen LogP contribution in [-0.2, 0) is 4.74 Å². The highest BCUT2D eigenvalue weighted by atomic mass is 16.5. The van der Waals surface area contributed by atoms with Gasteiger partial charge in [0.25, 0.3) is 0 Å². The first kappa shape index (κ1) is 22.0. The topological polar surface area (TPSA) is 22.2 Å². The highest BCUT2D eigenvalue weighted by Gasteiger charge is 2.45. The molecule has 4 rings (SSSR count). The minimum Gasteiger partial charge on any atom is -0.374 e. The van der Waals surface area contributed by atoms with E-state index in [1.54, 1.807) is 0 Å². The number of ether oxygens (including phenoxy) is 1. The van der Waals surface area contributed by atoms with E-state index in [-0.39, 0.29) is 0 Å². The average molecular weight is 407 g/mol. The lowest BCUT2D eigenvalue weighted by Crippen LogP contribution is -2.66. The molecule has 0 aromatic heterocycles. The van der Waals surface area contributed by atoms with Crippen LogP contribution in [0.1, 0.15) is 60.8 Å². The standard InChI is InChI=1S/C24H46N4O/c1-17(2)25-10-9-22-21(13-25)14-28(22)20(6)8-7-19(5)27-11-12-29-24-16-26(18(3)4)15-23(24)27/h17-24H,7-16H2,1-6H3. The lowest BCUT2D eigenvalue weighted by atomic mass is 9.80. The van der Waals surface area contributed by atoms with Crippen molar-refractivity contribution in [3.63, 3.8) is 0 Å². The second-order valence-corrected chi connectivity index (χ2v) is 10.9. The number of piperidine rings is 1. The first-order chi connectivity index (χ1) is 13.8. The Kier molecular flexibility index (Phi) is 6.92. The van der Waals surface area contributed by atoms with Gasteiger partial charge in [0.1, 0.15) is 0 Å². The normalized spacial score (nSPS) is 36.8. The van der Waals surface area contributed by atoms with E-state index in [0.717, 1.165) is 37.7 Å². The van der Waals surface area contributed by atoms with E-state index >= 15 is 0 Å². The van der Waals surface area contributed by atoms with Crippen molar-refractivity contribution in [2.45, 2.75) is 103 Å². The van der Waals surface area contributed by atoms with Crippen LogP contribution in [-0.4, -0.2) is 108 Å². The van der Waals surface area contributed by atoms with Crippen molar-refractivity contribution in [1.29, 1.82) is 0 Å². The highest BCUT2D eigenvalue weighted by molar-refractivity contribution is 5.00. The van der Waals surface area contributed by atoms with Gasteiger partial charge in [-0.1, -0.05) is 0 Å². The van der Waals surface area contributed by atoms with E-state index in [4.69, 9.17) is 4.74 Å². The molecule has 0 aromatic carbocycles. The molecule has 0 aliphatic carbocycles. The maximum atomic E-state index is 6.14. The zero-order valence-electron chi connectivity index (χ0n) is 19.9. The molecule has 0 aromatic rings. The fraction of sp³-hybridized carbons (Fsp3) is 1.00. The Hall–Kier alpha value is -0.200. The summed E-state index contributed by atoms with van der Waals surface area (Å²) < 4.78 is 6.14. The Bertz CT molecular complexity index is 541. The zero-order valence-corrected chi connectivity index (χ0v) is 19.9. The van der Waals surface area contributed by atoms with Gasteiger partial charge in [-0.25, -0.2) is 0 Å². The van der Waals surface area contributed by atoms with Crippen LogP contribution in [0.15, 0.2) is 0 Å². The smallest absolute Gasteiger partial charge is 0.0870 e. The predicted molar refractivity (Wildman–Crippen MR) is 120 cm³/mol. The van der Waals surface area contributed by atoms with Crippen LogP contribution in [0.5, 0.6) is 0 Å². The summed E-state index contributed by atoms with van der Waals surface area (Å²) in [4.78, 5) is 10.9. The predicted octanol–water partition coefficient (Wildman–Crippen LogP) is 2.75. The molecule has 0 radical (unpaired) electrons. The van der Waals surface area contributed by atoms with Crippen molar-refractivity contribution in [1.82, 2.24) is 19.6 Å². The lowest BCUT2D eigenvalue weighted by molar-refractivity contribution is -0.0788. The number of hydrogen-bond acceptors (Lipinski definition) is 5. The van der Waals surface area contributed by atoms with E-state index in [1.807, 2.05) is 0 Å². The van der Waals surface area contributed by atoms with Crippen LogP contribution in [0.4, 0.5) is 0 Å². The van der Waals surface area contributed by atoms with Crippen molar-refractivity contribution in [2.24, 2.45) is 5.92 Å². The molecule has 6 atom stereocenters. The molecule has 5 heteroatoms. The minimum absolute atomic E-state index is 0.424. The summed E-state index contributed by atoms with van der Waals surface area (Å²) in [6.07, 6.45) is 4.45. The van der Waals surface area contributed by atoms with Crippen LogP contribution >= 0.6 is 0 Å². The van der Waals surface area contributed by atoms with Crippen molar-refractivity contribution in [3.05, 3.63) is 0 Å². The van der Waals surface area contributed by atoms with Gasteiger partial charge in [0.15, 0.2) is 0 Å². The third kappa shape index (κ3) is 4.55. The molecule has 29 heavy (non-hydrogen) atoms. The third-order valence-corrected chi connectivity index (χ3v) is 8.56. The first-order valence-electron chi connectivity index (χ1n) is 12.5. The molecule has 168 valence electrons. The largest absolute Gasteiger partial charge is 0.374 e. The van der Waals surface area contributed by atoms with Crippen molar-refractivity contribution in [2.75, 3.05) is 45.9 Å². The minimum atomic E-state index is 0.424. The Balaban J connectivity index is 1.24. The SMILES string of the molecule is CC(C)N1CCC2C(C1)CN2C(C)CCC(C)N1CCOC2CN(C(C)C)CC21. The number of fused-ring (bicyclic) bond motifs is 2. The molecule has 4 aliphatic rings. The van der Waals surface area contributed by atoms with Crippen molar-refractivity contribution >= 4 is 0 Å². The van der Waals surface area contributed by atoms with E-state index in [0.29, 0.717) is 30.3 Å². The summed E-state index contributed by atoms with van der Waals surface area (Å²) in [6.45, 7) is 22.6. The average Bonchev–Trinajstić information content (AvgIpc) is 3.11. The van der Waals surface area contributed by atoms with Gasteiger partial charge < -0.3 is 9.64 Å². The molecule has 0 bridgehead atoms. The number of rotatable bonds is 7. The molecular formula is C24H46N4O. The van der Waals surface area contributed by atoms with Gasteiger partial charge in [-0.05, 0) is 73.3 Å². The molecule has 0 amide bonds. The van der Waals surface area contributed by atoms with Crippen LogP contribution in [0.25, 0.3) is 0 Å². The molecule has 4 heterocycles. The molecule has 0 saturated carbocycles. The molecule has 0 spiro atoms. The molecule has 4 saturated heterocycles. The van der Waals surface area contributed by atoms with Crippen LogP contribution in [0.2, 0.25) is 0 Å². The quantitative estimate of drug-likeness (QED) is 0.647. The van der Waals surface area contributed by atoms with E-state index in [1.165, 1.54) is 45.4 Å². The number of morpholine rings is 1. The summed E-state index contributed by atoms with van der Waals surface area (Å²) >= 11 is 0. The van der Waals surface area contributed by atoms with Gasteiger partial charge in [-0.3, -0.25) is 14.7 Å². The van der Waals surface area contributed by atoms with E-state index in [9.17, 15) is 0 Å². The maximum absolute atomic E-state index is 6.14. The van der Waals surface area contributed by atoms with Crippen LogP contribution in [0.3, 0.4) is 0 Å². The van der Waals surface area contributed by atoms with Gasteiger partial charge >= 0.3 is 0 Å². The fourth-order valence-electron chi connectivity index (χ4n) is 6.43. The summed E-state index contributed by atoms with van der Waals surface area (Å²) in [6, 6.07) is 4.20. The Labute approximate surface area is 179 Å². The molecular weight excluding hydrogens is 360 g/mol. The van der Waals surface area contributed by atoms with E-state index in [2.05, 4.69) is 61.1 Å². The van der Waals surface area contributed by atoms with E-state index < -0.39 is 0 Å². The Morgan fingerprint density at radius 3 is 2.07 bits per heavy atom. The number of nitrogens with zero attached hydrogens (tertiary/aromatic N) is 4.